The second kappa shape index (κ2) is 6.29. The van der Waals surface area contributed by atoms with Crippen molar-refractivity contribution in [1.82, 2.24) is 0 Å². The van der Waals surface area contributed by atoms with Gasteiger partial charge in [-0.05, 0) is 48.5 Å². The number of hydrogen-bond donors (Lipinski definition) is 0. The lowest BCUT2D eigenvalue weighted by atomic mass is 10.1. The van der Waals surface area contributed by atoms with Crippen molar-refractivity contribution in [2.24, 2.45) is 0 Å². The normalized spacial score (nSPS) is 11.3. The molecular formula is C19H11F2NO. The average molecular weight is 307 g/mol. The van der Waals surface area contributed by atoms with Gasteiger partial charge in [-0.15, -0.1) is 0 Å². The first-order chi connectivity index (χ1) is 11.2. The Morgan fingerprint density at radius 3 is 2.39 bits per heavy atom. The molecule has 23 heavy (non-hydrogen) atoms. The molecule has 112 valence electrons. The van der Waals surface area contributed by atoms with Crippen molar-refractivity contribution in [3.05, 3.63) is 83.6 Å². The molecule has 0 bridgehead atoms. The van der Waals surface area contributed by atoms with Gasteiger partial charge in [-0.2, -0.15) is 5.26 Å². The van der Waals surface area contributed by atoms with E-state index in [1.54, 1.807) is 36.4 Å². The monoisotopic (exact) mass is 307 g/mol. The molecule has 0 spiro atoms. The molecule has 0 radical (unpaired) electrons. The van der Waals surface area contributed by atoms with Crippen LogP contribution in [-0.4, -0.2) is 0 Å². The third-order valence-electron chi connectivity index (χ3n) is 3.33. The number of benzene rings is 2. The molecule has 0 fully saturated rings. The predicted molar refractivity (Wildman–Crippen MR) is 84.0 cm³/mol. The van der Waals surface area contributed by atoms with Gasteiger partial charge in [0, 0.05) is 11.1 Å². The van der Waals surface area contributed by atoms with Crippen LogP contribution in [0.25, 0.3) is 23.0 Å². The summed E-state index contributed by atoms with van der Waals surface area (Å²) in [6, 6.07) is 17.3. The Labute approximate surface area is 131 Å². The lowest BCUT2D eigenvalue weighted by Gasteiger charge is -2.00. The van der Waals surface area contributed by atoms with Gasteiger partial charge in [-0.25, -0.2) is 8.78 Å². The second-order valence-corrected chi connectivity index (χ2v) is 4.86. The van der Waals surface area contributed by atoms with Gasteiger partial charge in [0.05, 0.1) is 11.6 Å². The minimum Gasteiger partial charge on any atom is -0.457 e. The molecule has 3 aromatic rings. The summed E-state index contributed by atoms with van der Waals surface area (Å²) < 4.78 is 32.3. The van der Waals surface area contributed by atoms with Crippen LogP contribution in [0, 0.1) is 23.0 Å². The molecule has 0 aliphatic carbocycles. The van der Waals surface area contributed by atoms with Crippen molar-refractivity contribution >= 4 is 11.6 Å². The molecule has 0 N–H and O–H groups in total. The Bertz CT molecular complexity index is 902. The number of rotatable bonds is 3. The lowest BCUT2D eigenvalue weighted by Crippen LogP contribution is -1.86. The Balaban J connectivity index is 1.95. The highest BCUT2D eigenvalue weighted by atomic mass is 19.1. The SMILES string of the molecule is N#CC(=Cc1ccc(-c2ccc(F)cc2)o1)c1ccccc1F. The van der Waals surface area contributed by atoms with E-state index in [-0.39, 0.29) is 17.0 Å². The van der Waals surface area contributed by atoms with Crippen LogP contribution in [0.2, 0.25) is 0 Å². The number of furan rings is 1. The molecule has 0 aliphatic rings. The molecule has 0 unspecified atom stereocenters. The van der Waals surface area contributed by atoms with Crippen molar-refractivity contribution in [3.8, 4) is 17.4 Å². The molecule has 0 atom stereocenters. The van der Waals surface area contributed by atoms with Crippen molar-refractivity contribution in [2.45, 2.75) is 0 Å². The first kappa shape index (κ1) is 14.7. The summed E-state index contributed by atoms with van der Waals surface area (Å²) in [5, 5.41) is 9.25. The summed E-state index contributed by atoms with van der Waals surface area (Å²) in [6.45, 7) is 0. The third kappa shape index (κ3) is 3.19. The van der Waals surface area contributed by atoms with E-state index >= 15 is 0 Å². The van der Waals surface area contributed by atoms with Gasteiger partial charge in [0.25, 0.3) is 0 Å². The quantitative estimate of drug-likeness (QED) is 0.616. The van der Waals surface area contributed by atoms with E-state index in [1.165, 1.54) is 30.3 Å². The van der Waals surface area contributed by atoms with Crippen molar-refractivity contribution in [1.29, 1.82) is 5.26 Å². The van der Waals surface area contributed by atoms with Gasteiger partial charge in [-0.1, -0.05) is 18.2 Å². The summed E-state index contributed by atoms with van der Waals surface area (Å²) in [5.41, 5.74) is 1.10. The summed E-state index contributed by atoms with van der Waals surface area (Å²) in [6.07, 6.45) is 1.48. The van der Waals surface area contributed by atoms with Gasteiger partial charge in [0.15, 0.2) is 0 Å². The minimum absolute atomic E-state index is 0.170. The zero-order chi connectivity index (χ0) is 16.2. The van der Waals surface area contributed by atoms with Crippen LogP contribution in [0.5, 0.6) is 0 Å². The Hall–Kier alpha value is -3.19. The highest BCUT2D eigenvalue weighted by Gasteiger charge is 2.09. The van der Waals surface area contributed by atoms with Crippen LogP contribution in [0.15, 0.2) is 65.1 Å². The summed E-state index contributed by atoms with van der Waals surface area (Å²) in [5.74, 6) is 0.170. The fraction of sp³-hybridized carbons (Fsp3) is 0. The van der Waals surface area contributed by atoms with Crippen LogP contribution in [0.4, 0.5) is 8.78 Å². The maximum absolute atomic E-state index is 13.8. The van der Waals surface area contributed by atoms with Gasteiger partial charge < -0.3 is 4.42 Å². The van der Waals surface area contributed by atoms with Gasteiger partial charge >= 0.3 is 0 Å². The Morgan fingerprint density at radius 1 is 0.957 bits per heavy atom. The molecule has 0 amide bonds. The zero-order valence-electron chi connectivity index (χ0n) is 12.0. The van der Waals surface area contributed by atoms with Crippen LogP contribution in [-0.2, 0) is 0 Å². The van der Waals surface area contributed by atoms with Crippen molar-refractivity contribution < 1.29 is 13.2 Å². The lowest BCUT2D eigenvalue weighted by molar-refractivity contribution is 0.571. The molecular weight excluding hydrogens is 296 g/mol. The van der Waals surface area contributed by atoms with Crippen molar-refractivity contribution in [2.75, 3.05) is 0 Å². The van der Waals surface area contributed by atoms with Crippen molar-refractivity contribution in [3.63, 3.8) is 0 Å². The molecule has 1 aromatic heterocycles. The fourth-order valence-corrected chi connectivity index (χ4v) is 2.19. The topological polar surface area (TPSA) is 36.9 Å². The van der Waals surface area contributed by atoms with E-state index in [4.69, 9.17) is 4.42 Å². The number of nitrogens with zero attached hydrogens (tertiary/aromatic N) is 1. The number of halogens is 2. The molecule has 2 nitrogen and oxygen atoms in total. The standard InChI is InChI=1S/C19H11F2NO/c20-15-7-5-13(6-8-15)19-10-9-16(23-19)11-14(12-22)17-3-1-2-4-18(17)21/h1-11H. The van der Waals surface area contributed by atoms with Crippen LogP contribution >= 0.6 is 0 Å². The third-order valence-corrected chi connectivity index (χ3v) is 3.33. The molecule has 2 aromatic carbocycles. The molecule has 0 aliphatic heterocycles. The number of hydrogen-bond acceptors (Lipinski definition) is 2. The first-order valence-corrected chi connectivity index (χ1v) is 6.90. The minimum atomic E-state index is -0.467. The van der Waals surface area contributed by atoms with Crippen LogP contribution < -0.4 is 0 Å². The fourth-order valence-electron chi connectivity index (χ4n) is 2.19. The average Bonchev–Trinajstić information content (AvgIpc) is 3.03. The summed E-state index contributed by atoms with van der Waals surface area (Å²) in [4.78, 5) is 0. The maximum Gasteiger partial charge on any atom is 0.134 e. The van der Waals surface area contributed by atoms with E-state index in [1.807, 2.05) is 6.07 Å². The van der Waals surface area contributed by atoms with Crippen LogP contribution in [0.1, 0.15) is 11.3 Å². The van der Waals surface area contributed by atoms with Gasteiger partial charge in [-0.3, -0.25) is 0 Å². The second-order valence-electron chi connectivity index (χ2n) is 4.86. The van der Waals surface area contributed by atoms with E-state index < -0.39 is 5.82 Å². The molecule has 3 rings (SSSR count). The Morgan fingerprint density at radius 2 is 1.70 bits per heavy atom. The summed E-state index contributed by atoms with van der Waals surface area (Å²) in [7, 11) is 0. The number of nitriles is 1. The predicted octanol–water partition coefficient (Wildman–Crippen LogP) is 5.29. The first-order valence-electron chi connectivity index (χ1n) is 6.90. The van der Waals surface area contributed by atoms with E-state index in [0.29, 0.717) is 11.5 Å². The summed E-state index contributed by atoms with van der Waals surface area (Å²) >= 11 is 0. The highest BCUT2D eigenvalue weighted by molar-refractivity contribution is 5.89. The number of allylic oxidation sites excluding steroid dienone is 1. The van der Waals surface area contributed by atoms with Crippen LogP contribution in [0.3, 0.4) is 0 Å². The molecule has 4 heteroatoms. The van der Waals surface area contributed by atoms with E-state index in [0.717, 1.165) is 5.56 Å². The highest BCUT2D eigenvalue weighted by Crippen LogP contribution is 2.26. The maximum atomic E-state index is 13.8. The van der Waals surface area contributed by atoms with Gasteiger partial charge in [0.1, 0.15) is 23.2 Å². The molecule has 0 saturated heterocycles. The Kier molecular flexibility index (Phi) is 4.03. The van der Waals surface area contributed by atoms with E-state index in [9.17, 15) is 14.0 Å². The molecule has 0 saturated carbocycles. The molecule has 1 heterocycles. The van der Waals surface area contributed by atoms with Gasteiger partial charge in [0.2, 0.25) is 0 Å². The zero-order valence-corrected chi connectivity index (χ0v) is 12.0. The smallest absolute Gasteiger partial charge is 0.134 e. The van der Waals surface area contributed by atoms with E-state index in [2.05, 4.69) is 0 Å². The largest absolute Gasteiger partial charge is 0.457 e.